The highest BCUT2D eigenvalue weighted by molar-refractivity contribution is 5.39. The van der Waals surface area contributed by atoms with Gasteiger partial charge in [0.15, 0.2) is 0 Å². The molecule has 0 bridgehead atoms. The third-order valence-corrected chi connectivity index (χ3v) is 2.71. The first kappa shape index (κ1) is 12.7. The molecule has 0 fully saturated rings. The number of nitrogens with two attached hydrogens (primary N) is 3. The van der Waals surface area contributed by atoms with Gasteiger partial charge in [0.2, 0.25) is 0 Å². The summed E-state index contributed by atoms with van der Waals surface area (Å²) < 4.78 is 0. The summed E-state index contributed by atoms with van der Waals surface area (Å²) in [7, 11) is 0. The molecule has 1 rings (SSSR count). The highest BCUT2D eigenvalue weighted by atomic mass is 14.8. The monoisotopic (exact) mass is 219 g/mol. The van der Waals surface area contributed by atoms with Crippen LogP contribution < -0.4 is 17.2 Å². The van der Waals surface area contributed by atoms with Gasteiger partial charge in [0.25, 0.3) is 0 Å². The molecule has 0 saturated carbocycles. The standard InChI is InChI=1S/C13H21N3/c1-9(13(2,3)16)12(15)8-10-4-6-11(14)7-5-10/h4-7,12H,1,8,14-16H2,2-3H3. The zero-order chi connectivity index (χ0) is 12.3. The molecule has 3 nitrogen and oxygen atoms in total. The minimum absolute atomic E-state index is 0.122. The van der Waals surface area contributed by atoms with E-state index in [0.29, 0.717) is 0 Å². The molecule has 0 radical (unpaired) electrons. The van der Waals surface area contributed by atoms with Crippen molar-refractivity contribution < 1.29 is 0 Å². The molecule has 16 heavy (non-hydrogen) atoms. The van der Waals surface area contributed by atoms with E-state index in [1.807, 2.05) is 38.1 Å². The van der Waals surface area contributed by atoms with Crippen LogP contribution in [0.4, 0.5) is 5.69 Å². The van der Waals surface area contributed by atoms with Crippen molar-refractivity contribution in [2.24, 2.45) is 11.5 Å². The maximum Gasteiger partial charge on any atom is 0.0324 e. The lowest BCUT2D eigenvalue weighted by atomic mass is 9.88. The Morgan fingerprint density at radius 3 is 2.25 bits per heavy atom. The summed E-state index contributed by atoms with van der Waals surface area (Å²) in [5.41, 5.74) is 20.0. The smallest absolute Gasteiger partial charge is 0.0324 e. The molecule has 3 heteroatoms. The maximum atomic E-state index is 6.06. The van der Waals surface area contributed by atoms with Crippen LogP contribution >= 0.6 is 0 Å². The van der Waals surface area contributed by atoms with Crippen molar-refractivity contribution in [2.45, 2.75) is 31.8 Å². The minimum Gasteiger partial charge on any atom is -0.399 e. The average Bonchev–Trinajstić information content (AvgIpc) is 2.19. The van der Waals surface area contributed by atoms with Crippen molar-refractivity contribution in [2.75, 3.05) is 5.73 Å². The van der Waals surface area contributed by atoms with Gasteiger partial charge in [0, 0.05) is 17.3 Å². The summed E-state index contributed by atoms with van der Waals surface area (Å²) in [4.78, 5) is 0. The van der Waals surface area contributed by atoms with Gasteiger partial charge in [-0.3, -0.25) is 0 Å². The summed E-state index contributed by atoms with van der Waals surface area (Å²) in [6.45, 7) is 7.79. The third kappa shape index (κ3) is 3.36. The first-order valence-electron chi connectivity index (χ1n) is 5.39. The molecule has 1 atom stereocenters. The normalized spacial score (nSPS) is 13.5. The van der Waals surface area contributed by atoms with Crippen LogP contribution in [-0.2, 0) is 6.42 Å². The number of benzene rings is 1. The lowest BCUT2D eigenvalue weighted by molar-refractivity contribution is 0.550. The fraction of sp³-hybridized carbons (Fsp3) is 0.385. The molecule has 6 N–H and O–H groups in total. The van der Waals surface area contributed by atoms with Gasteiger partial charge >= 0.3 is 0 Å². The minimum atomic E-state index is -0.437. The van der Waals surface area contributed by atoms with Gasteiger partial charge in [-0.1, -0.05) is 18.7 Å². The summed E-state index contributed by atoms with van der Waals surface area (Å²) in [6.07, 6.45) is 0.736. The van der Waals surface area contributed by atoms with Crippen LogP contribution in [0.25, 0.3) is 0 Å². The molecule has 0 spiro atoms. The van der Waals surface area contributed by atoms with Crippen molar-refractivity contribution in [1.82, 2.24) is 0 Å². The van der Waals surface area contributed by atoms with Crippen LogP contribution in [0.3, 0.4) is 0 Å². The second-order valence-corrected chi connectivity index (χ2v) is 4.80. The van der Waals surface area contributed by atoms with Gasteiger partial charge in [-0.25, -0.2) is 0 Å². The molecule has 0 aliphatic carbocycles. The quantitative estimate of drug-likeness (QED) is 0.529. The summed E-state index contributed by atoms with van der Waals surface area (Å²) >= 11 is 0. The van der Waals surface area contributed by atoms with Gasteiger partial charge in [-0.2, -0.15) is 0 Å². The molecular weight excluding hydrogens is 198 g/mol. The number of rotatable bonds is 4. The summed E-state index contributed by atoms with van der Waals surface area (Å²) in [5, 5.41) is 0. The fourth-order valence-electron chi connectivity index (χ4n) is 1.51. The molecule has 1 unspecified atom stereocenters. The van der Waals surface area contributed by atoms with E-state index in [-0.39, 0.29) is 6.04 Å². The largest absolute Gasteiger partial charge is 0.399 e. The molecule has 0 aliphatic heterocycles. The maximum absolute atomic E-state index is 6.06. The Balaban J connectivity index is 2.68. The van der Waals surface area contributed by atoms with Crippen LogP contribution in [0.1, 0.15) is 19.4 Å². The lowest BCUT2D eigenvalue weighted by Crippen LogP contribution is -2.43. The molecule has 0 aliphatic rings. The van der Waals surface area contributed by atoms with Crippen molar-refractivity contribution in [3.63, 3.8) is 0 Å². The number of anilines is 1. The van der Waals surface area contributed by atoms with E-state index >= 15 is 0 Å². The Morgan fingerprint density at radius 2 is 1.81 bits per heavy atom. The van der Waals surface area contributed by atoms with Gasteiger partial charge in [0.05, 0.1) is 0 Å². The van der Waals surface area contributed by atoms with Crippen molar-refractivity contribution in [1.29, 1.82) is 0 Å². The van der Waals surface area contributed by atoms with Crippen molar-refractivity contribution >= 4 is 5.69 Å². The second-order valence-electron chi connectivity index (χ2n) is 4.80. The third-order valence-electron chi connectivity index (χ3n) is 2.71. The molecule has 0 amide bonds. The highest BCUT2D eigenvalue weighted by Gasteiger charge is 2.21. The molecule has 0 saturated heterocycles. The van der Waals surface area contributed by atoms with E-state index in [9.17, 15) is 0 Å². The number of hydrogen-bond donors (Lipinski definition) is 3. The zero-order valence-corrected chi connectivity index (χ0v) is 10.0. The SMILES string of the molecule is C=C(C(N)Cc1ccc(N)cc1)C(C)(C)N. The van der Waals surface area contributed by atoms with Crippen LogP contribution in [-0.4, -0.2) is 11.6 Å². The Morgan fingerprint density at radius 1 is 1.31 bits per heavy atom. The Labute approximate surface area is 97.3 Å². The van der Waals surface area contributed by atoms with E-state index in [1.165, 1.54) is 0 Å². The molecule has 0 aromatic heterocycles. The van der Waals surface area contributed by atoms with Crippen LogP contribution in [0.15, 0.2) is 36.4 Å². The molecule has 1 aromatic carbocycles. The summed E-state index contributed by atoms with van der Waals surface area (Å²) in [5.74, 6) is 0. The van der Waals surface area contributed by atoms with E-state index < -0.39 is 5.54 Å². The van der Waals surface area contributed by atoms with E-state index in [1.54, 1.807) is 0 Å². The average molecular weight is 219 g/mol. The van der Waals surface area contributed by atoms with Crippen LogP contribution in [0.5, 0.6) is 0 Å². The van der Waals surface area contributed by atoms with Crippen LogP contribution in [0.2, 0.25) is 0 Å². The van der Waals surface area contributed by atoms with E-state index in [2.05, 4.69) is 6.58 Å². The van der Waals surface area contributed by atoms with Gasteiger partial charge in [-0.05, 0) is 43.5 Å². The van der Waals surface area contributed by atoms with Gasteiger partial charge in [-0.15, -0.1) is 0 Å². The fourth-order valence-corrected chi connectivity index (χ4v) is 1.51. The zero-order valence-electron chi connectivity index (χ0n) is 10.0. The first-order valence-corrected chi connectivity index (χ1v) is 5.39. The van der Waals surface area contributed by atoms with E-state index in [4.69, 9.17) is 17.2 Å². The predicted octanol–water partition coefficient (Wildman–Crippen LogP) is 1.43. The molecule has 0 heterocycles. The Bertz CT molecular complexity index is 360. The van der Waals surface area contributed by atoms with E-state index in [0.717, 1.165) is 23.2 Å². The topological polar surface area (TPSA) is 78.1 Å². The molecule has 88 valence electrons. The number of nitrogen functional groups attached to an aromatic ring is 1. The van der Waals surface area contributed by atoms with Crippen molar-refractivity contribution in [3.8, 4) is 0 Å². The molecular formula is C13H21N3. The second kappa shape index (κ2) is 4.68. The number of hydrogen-bond acceptors (Lipinski definition) is 3. The molecule has 1 aromatic rings. The van der Waals surface area contributed by atoms with Gasteiger partial charge < -0.3 is 17.2 Å². The predicted molar refractivity (Wildman–Crippen MR) is 69.9 cm³/mol. The lowest BCUT2D eigenvalue weighted by Gasteiger charge is -2.27. The van der Waals surface area contributed by atoms with Gasteiger partial charge in [0.1, 0.15) is 0 Å². The van der Waals surface area contributed by atoms with Crippen LogP contribution in [0, 0.1) is 0 Å². The first-order chi connectivity index (χ1) is 7.30. The van der Waals surface area contributed by atoms with Crippen molar-refractivity contribution in [3.05, 3.63) is 42.0 Å². The summed E-state index contributed by atoms with van der Waals surface area (Å²) in [6, 6.07) is 7.58. The Hall–Kier alpha value is -1.32. The Kier molecular flexibility index (Phi) is 3.73. The highest BCUT2D eigenvalue weighted by Crippen LogP contribution is 2.17.